The van der Waals surface area contributed by atoms with Crippen molar-refractivity contribution in [3.63, 3.8) is 0 Å². The van der Waals surface area contributed by atoms with Crippen molar-refractivity contribution in [2.24, 2.45) is 0 Å². The van der Waals surface area contributed by atoms with Gasteiger partial charge in [-0.2, -0.15) is 8.78 Å². The van der Waals surface area contributed by atoms with E-state index in [1.54, 1.807) is 26.8 Å². The fraction of sp³-hybridized carbons (Fsp3) is 0.600. The van der Waals surface area contributed by atoms with Gasteiger partial charge in [-0.05, 0) is 29.9 Å². The lowest BCUT2D eigenvalue weighted by atomic mass is 9.84. The van der Waals surface area contributed by atoms with E-state index >= 15 is 0 Å². The van der Waals surface area contributed by atoms with Crippen molar-refractivity contribution in [2.45, 2.75) is 51.1 Å². The molecule has 0 N–H and O–H groups in total. The van der Waals surface area contributed by atoms with E-state index in [9.17, 15) is 13.2 Å². The Morgan fingerprint density at radius 1 is 1.16 bits per heavy atom. The molecule has 4 heteroatoms. The average Bonchev–Trinajstić information content (AvgIpc) is 2.81. The highest BCUT2D eigenvalue weighted by Gasteiger charge is 2.46. The zero-order valence-corrected chi connectivity index (χ0v) is 11.5. The highest BCUT2D eigenvalue weighted by atomic mass is 19.3. The first-order valence-electron chi connectivity index (χ1n) is 6.53. The van der Waals surface area contributed by atoms with E-state index in [1.165, 1.54) is 6.07 Å². The van der Waals surface area contributed by atoms with E-state index in [0.29, 0.717) is 18.6 Å². The van der Waals surface area contributed by atoms with Crippen LogP contribution in [0.1, 0.15) is 44.7 Å². The molecule has 1 aliphatic rings. The van der Waals surface area contributed by atoms with Gasteiger partial charge in [0.1, 0.15) is 11.9 Å². The maximum atomic E-state index is 14.4. The van der Waals surface area contributed by atoms with Gasteiger partial charge in [0.15, 0.2) is 0 Å². The van der Waals surface area contributed by atoms with E-state index in [0.717, 1.165) is 6.07 Å². The summed E-state index contributed by atoms with van der Waals surface area (Å²) in [5, 5.41) is 0. The molecule has 0 saturated carbocycles. The molecule has 2 rings (SSSR count). The normalized spacial score (nSPS) is 20.8. The van der Waals surface area contributed by atoms with Gasteiger partial charge in [-0.25, -0.2) is 4.39 Å². The summed E-state index contributed by atoms with van der Waals surface area (Å²) >= 11 is 0. The number of hydrogen-bond donors (Lipinski definition) is 0. The number of alkyl halides is 2. The molecule has 0 aliphatic carbocycles. The largest absolute Gasteiger partial charge is 0.372 e. The van der Waals surface area contributed by atoms with Gasteiger partial charge in [0.25, 0.3) is 0 Å². The fourth-order valence-electron chi connectivity index (χ4n) is 2.41. The Balaban J connectivity index is 2.45. The summed E-state index contributed by atoms with van der Waals surface area (Å²) in [6.07, 6.45) is -0.343. The van der Waals surface area contributed by atoms with E-state index in [2.05, 4.69) is 0 Å². The van der Waals surface area contributed by atoms with Gasteiger partial charge in [0, 0.05) is 6.61 Å². The SMILES string of the molecule is CC(C)(C)c1cccc(C(F)(F)C2CCCO2)c1F. The summed E-state index contributed by atoms with van der Waals surface area (Å²) < 4.78 is 48.1. The second kappa shape index (κ2) is 4.82. The van der Waals surface area contributed by atoms with E-state index < -0.39 is 28.8 Å². The van der Waals surface area contributed by atoms with E-state index in [1.807, 2.05) is 0 Å². The molecule has 1 atom stereocenters. The second-order valence-corrected chi connectivity index (χ2v) is 6.04. The predicted octanol–water partition coefficient (Wildman–Crippen LogP) is 4.39. The number of hydrogen-bond acceptors (Lipinski definition) is 1. The Labute approximate surface area is 111 Å². The summed E-state index contributed by atoms with van der Waals surface area (Å²) in [5.74, 6) is -4.09. The topological polar surface area (TPSA) is 9.23 Å². The van der Waals surface area contributed by atoms with Crippen molar-refractivity contribution >= 4 is 0 Å². The summed E-state index contributed by atoms with van der Waals surface area (Å²) in [6.45, 7) is 5.74. The van der Waals surface area contributed by atoms with Crippen LogP contribution in [0.4, 0.5) is 13.2 Å². The Bertz CT molecular complexity index is 457. The molecule has 1 aromatic carbocycles. The van der Waals surface area contributed by atoms with Crippen LogP contribution < -0.4 is 0 Å². The Morgan fingerprint density at radius 3 is 2.32 bits per heavy atom. The second-order valence-electron chi connectivity index (χ2n) is 6.04. The summed E-state index contributed by atoms with van der Waals surface area (Å²) in [7, 11) is 0. The Kier molecular flexibility index (Phi) is 3.65. The third-order valence-corrected chi connectivity index (χ3v) is 3.50. The molecule has 1 saturated heterocycles. The molecule has 0 aromatic heterocycles. The fourth-order valence-corrected chi connectivity index (χ4v) is 2.41. The van der Waals surface area contributed by atoms with Gasteiger partial charge in [-0.15, -0.1) is 0 Å². The minimum absolute atomic E-state index is 0.270. The molecule has 106 valence electrons. The van der Waals surface area contributed by atoms with Crippen LogP contribution in [0.5, 0.6) is 0 Å². The highest BCUT2D eigenvalue weighted by molar-refractivity contribution is 5.34. The minimum atomic E-state index is -3.28. The van der Waals surface area contributed by atoms with E-state index in [-0.39, 0.29) is 6.42 Å². The molecule has 1 aromatic rings. The summed E-state index contributed by atoms with van der Waals surface area (Å²) in [5.41, 5.74) is -0.748. The smallest absolute Gasteiger partial charge is 0.301 e. The van der Waals surface area contributed by atoms with Crippen LogP contribution in [0.15, 0.2) is 18.2 Å². The van der Waals surface area contributed by atoms with Crippen LogP contribution in [-0.2, 0) is 16.1 Å². The van der Waals surface area contributed by atoms with Crippen molar-refractivity contribution in [3.05, 3.63) is 35.1 Å². The molecular weight excluding hydrogens is 253 g/mol. The molecule has 0 spiro atoms. The molecule has 1 aliphatic heterocycles. The average molecular weight is 272 g/mol. The maximum Gasteiger partial charge on any atom is 0.301 e. The molecule has 19 heavy (non-hydrogen) atoms. The first-order chi connectivity index (χ1) is 8.74. The Hall–Kier alpha value is -1.03. The summed E-state index contributed by atoms with van der Waals surface area (Å²) in [6, 6.07) is 4.21. The molecular formula is C15H19F3O. The zero-order chi connectivity index (χ0) is 14.3. The van der Waals surface area contributed by atoms with Crippen molar-refractivity contribution in [1.82, 2.24) is 0 Å². The number of halogens is 3. The minimum Gasteiger partial charge on any atom is -0.372 e. The van der Waals surface area contributed by atoms with Gasteiger partial charge in [-0.3, -0.25) is 0 Å². The molecule has 1 unspecified atom stereocenters. The maximum absolute atomic E-state index is 14.4. The van der Waals surface area contributed by atoms with Crippen molar-refractivity contribution in [2.75, 3.05) is 6.61 Å². The van der Waals surface area contributed by atoms with Crippen molar-refractivity contribution < 1.29 is 17.9 Å². The van der Waals surface area contributed by atoms with E-state index in [4.69, 9.17) is 4.74 Å². The first-order valence-corrected chi connectivity index (χ1v) is 6.53. The van der Waals surface area contributed by atoms with Gasteiger partial charge in [0.05, 0.1) is 5.56 Å². The summed E-state index contributed by atoms with van der Waals surface area (Å²) in [4.78, 5) is 0. The van der Waals surface area contributed by atoms with Crippen LogP contribution in [0, 0.1) is 5.82 Å². The van der Waals surface area contributed by atoms with Crippen LogP contribution in [0.25, 0.3) is 0 Å². The van der Waals surface area contributed by atoms with Crippen molar-refractivity contribution in [1.29, 1.82) is 0 Å². The standard InChI is InChI=1S/C15H19F3O/c1-14(2,3)10-6-4-7-11(13(10)16)15(17,18)12-8-5-9-19-12/h4,6-7,12H,5,8-9H2,1-3H3. The lowest BCUT2D eigenvalue weighted by molar-refractivity contribution is -0.124. The number of benzene rings is 1. The third-order valence-electron chi connectivity index (χ3n) is 3.50. The van der Waals surface area contributed by atoms with Gasteiger partial charge in [-0.1, -0.05) is 32.9 Å². The molecule has 1 fully saturated rings. The molecule has 0 amide bonds. The van der Waals surface area contributed by atoms with Gasteiger partial charge >= 0.3 is 5.92 Å². The third kappa shape index (κ3) is 2.64. The lowest BCUT2D eigenvalue weighted by Crippen LogP contribution is -2.32. The first kappa shape index (κ1) is 14.4. The molecule has 0 radical (unpaired) electrons. The van der Waals surface area contributed by atoms with Gasteiger partial charge < -0.3 is 4.74 Å². The van der Waals surface area contributed by atoms with Gasteiger partial charge in [0.2, 0.25) is 0 Å². The number of ether oxygens (including phenoxy) is 1. The molecule has 1 heterocycles. The highest BCUT2D eigenvalue weighted by Crippen LogP contribution is 2.41. The van der Waals surface area contributed by atoms with Crippen molar-refractivity contribution in [3.8, 4) is 0 Å². The van der Waals surface area contributed by atoms with Crippen LogP contribution >= 0.6 is 0 Å². The monoisotopic (exact) mass is 272 g/mol. The van der Waals surface area contributed by atoms with Crippen LogP contribution in [0.3, 0.4) is 0 Å². The quantitative estimate of drug-likeness (QED) is 0.775. The number of rotatable bonds is 2. The van der Waals surface area contributed by atoms with Crippen LogP contribution in [-0.4, -0.2) is 12.7 Å². The predicted molar refractivity (Wildman–Crippen MR) is 68.0 cm³/mol. The van der Waals surface area contributed by atoms with Crippen LogP contribution in [0.2, 0.25) is 0 Å². The zero-order valence-electron chi connectivity index (χ0n) is 11.5. The molecule has 0 bridgehead atoms. The Morgan fingerprint density at radius 2 is 1.79 bits per heavy atom. The molecule has 1 nitrogen and oxygen atoms in total. The lowest BCUT2D eigenvalue weighted by Gasteiger charge is -2.27.